The Morgan fingerprint density at radius 2 is 1.47 bits per heavy atom. The van der Waals surface area contributed by atoms with Crippen LogP contribution in [0.5, 0.6) is 0 Å². The summed E-state index contributed by atoms with van der Waals surface area (Å²) in [4.78, 5) is 0. The van der Waals surface area contributed by atoms with Crippen LogP contribution >= 0.6 is 0 Å². The molecule has 1 aliphatic carbocycles. The van der Waals surface area contributed by atoms with Gasteiger partial charge >= 0.3 is 0 Å². The molecule has 0 radical (unpaired) electrons. The molecule has 1 saturated carbocycles. The van der Waals surface area contributed by atoms with Crippen LogP contribution in [0.25, 0.3) is 5.57 Å². The first kappa shape index (κ1) is 42.2. The van der Waals surface area contributed by atoms with Crippen LogP contribution in [0.3, 0.4) is 0 Å². The maximum Gasteiger partial charge on any atom is -0.0149 e. The number of benzene rings is 2. The SMILES string of the molecule is C=CC(=C\C(=C/C)CCc1ccccc1)/C(=C/CC1CCCCC1)c1cc(CCCCCCC(=C)C)ccc1C.CC.CC(C)(C)C. The molecule has 0 heteroatoms. The Labute approximate surface area is 293 Å². The van der Waals surface area contributed by atoms with Crippen molar-refractivity contribution in [3.8, 4) is 0 Å². The quantitative estimate of drug-likeness (QED) is 0.0977. The number of unbranched alkanes of at least 4 members (excludes halogenated alkanes) is 3. The standard InChI is InChI=1S/C40H54.C5H12.C2H6/c1-6-34(26-27-35-19-14-10-15-20-35)30-38(7-2)39(29-28-36-21-16-11-17-22-36)40-31-37(25-24-33(40)5)23-13-9-8-12-18-32(3)4;1-5(2,3)4;1-2/h6-7,10,14-15,19-20,24-25,29-31,36H,2-3,8-9,11-13,16-18,21-23,26-28H2,1,4-5H3;1-4H3;1-2H3/b34-6-,38-30+,39-29-;;. The van der Waals surface area contributed by atoms with E-state index < -0.39 is 0 Å². The van der Waals surface area contributed by atoms with Crippen LogP contribution in [0.1, 0.15) is 155 Å². The number of aryl methyl sites for hydroxylation is 3. The van der Waals surface area contributed by atoms with Crippen LogP contribution in [0.15, 0.2) is 103 Å². The van der Waals surface area contributed by atoms with E-state index in [1.54, 1.807) is 0 Å². The normalized spacial score (nSPS) is 14.4. The third kappa shape index (κ3) is 19.5. The van der Waals surface area contributed by atoms with Crippen molar-refractivity contribution in [1.29, 1.82) is 0 Å². The average Bonchev–Trinajstić information content (AvgIpc) is 3.05. The molecule has 0 aliphatic heterocycles. The van der Waals surface area contributed by atoms with E-state index in [9.17, 15) is 0 Å². The fourth-order valence-electron chi connectivity index (χ4n) is 5.99. The fraction of sp³-hybridized carbons (Fsp3) is 0.532. The Kier molecular flexibility index (Phi) is 21.8. The molecule has 0 spiro atoms. The lowest BCUT2D eigenvalue weighted by Crippen LogP contribution is -2.05. The van der Waals surface area contributed by atoms with Crippen LogP contribution in [0.2, 0.25) is 0 Å². The van der Waals surface area contributed by atoms with Crippen molar-refractivity contribution >= 4 is 5.57 Å². The highest BCUT2D eigenvalue weighted by Crippen LogP contribution is 2.33. The first-order chi connectivity index (χ1) is 22.5. The van der Waals surface area contributed by atoms with E-state index >= 15 is 0 Å². The maximum absolute atomic E-state index is 4.31. The first-order valence-electron chi connectivity index (χ1n) is 19.0. The number of allylic oxidation sites excluding steroid dienone is 8. The molecule has 0 saturated heterocycles. The minimum absolute atomic E-state index is 0.500. The molecular weight excluding hydrogens is 565 g/mol. The van der Waals surface area contributed by atoms with Gasteiger partial charge in [-0.2, -0.15) is 0 Å². The molecule has 0 amide bonds. The monoisotopic (exact) mass is 637 g/mol. The second-order valence-electron chi connectivity index (χ2n) is 15.0. The summed E-state index contributed by atoms with van der Waals surface area (Å²) < 4.78 is 0. The Balaban J connectivity index is 0.00000144. The minimum Gasteiger partial charge on any atom is -0.100 e. The van der Waals surface area contributed by atoms with E-state index in [0.29, 0.717) is 5.41 Å². The average molecular weight is 637 g/mol. The number of hydrogen-bond acceptors (Lipinski definition) is 0. The lowest BCUT2D eigenvalue weighted by atomic mass is 9.84. The molecule has 1 aliphatic rings. The van der Waals surface area contributed by atoms with Crippen molar-refractivity contribution in [2.45, 2.75) is 152 Å². The number of rotatable bonds is 16. The second-order valence-corrected chi connectivity index (χ2v) is 15.0. The second kappa shape index (κ2) is 24.3. The molecular formula is C47H72. The maximum atomic E-state index is 4.31. The Morgan fingerprint density at radius 1 is 0.830 bits per heavy atom. The van der Waals surface area contributed by atoms with Crippen LogP contribution < -0.4 is 0 Å². The van der Waals surface area contributed by atoms with Crippen molar-refractivity contribution in [3.05, 3.63) is 125 Å². The van der Waals surface area contributed by atoms with Crippen molar-refractivity contribution in [3.63, 3.8) is 0 Å². The van der Waals surface area contributed by atoms with Gasteiger partial charge in [-0.3, -0.25) is 0 Å². The minimum atomic E-state index is 0.500. The Bertz CT molecular complexity index is 1230. The zero-order chi connectivity index (χ0) is 35.1. The predicted molar refractivity (Wildman–Crippen MR) is 215 cm³/mol. The Hall–Kier alpha value is -2.86. The van der Waals surface area contributed by atoms with E-state index in [-0.39, 0.29) is 0 Å². The summed E-state index contributed by atoms with van der Waals surface area (Å²) in [7, 11) is 0. The van der Waals surface area contributed by atoms with Gasteiger partial charge in [-0.25, -0.2) is 0 Å². The van der Waals surface area contributed by atoms with Crippen molar-refractivity contribution < 1.29 is 0 Å². The largest absolute Gasteiger partial charge is 0.100 e. The molecule has 0 heterocycles. The smallest absolute Gasteiger partial charge is 0.0149 e. The highest BCUT2D eigenvalue weighted by molar-refractivity contribution is 5.84. The number of hydrogen-bond donors (Lipinski definition) is 0. The van der Waals surface area contributed by atoms with E-state index in [2.05, 4.69) is 134 Å². The van der Waals surface area contributed by atoms with Gasteiger partial charge in [-0.05, 0) is 110 Å². The summed E-state index contributed by atoms with van der Waals surface area (Å²) in [6.07, 6.45) is 27.0. The zero-order valence-corrected chi connectivity index (χ0v) is 32.3. The molecule has 1 fully saturated rings. The summed E-state index contributed by atoms with van der Waals surface area (Å²) in [5.74, 6) is 0.816. The molecule has 47 heavy (non-hydrogen) atoms. The summed E-state index contributed by atoms with van der Waals surface area (Å²) in [5.41, 5.74) is 11.4. The zero-order valence-electron chi connectivity index (χ0n) is 32.3. The summed E-state index contributed by atoms with van der Waals surface area (Å²) in [6.45, 7) is 27.7. The van der Waals surface area contributed by atoms with Crippen LogP contribution in [-0.4, -0.2) is 0 Å². The van der Waals surface area contributed by atoms with Gasteiger partial charge in [-0.15, -0.1) is 6.58 Å². The third-order valence-corrected chi connectivity index (χ3v) is 8.58. The van der Waals surface area contributed by atoms with Gasteiger partial charge in [0.05, 0.1) is 0 Å². The van der Waals surface area contributed by atoms with E-state index in [1.165, 1.54) is 115 Å². The molecule has 2 aromatic carbocycles. The van der Waals surface area contributed by atoms with E-state index in [4.69, 9.17) is 0 Å². The lowest BCUT2D eigenvalue weighted by Gasteiger charge is -2.21. The lowest BCUT2D eigenvalue weighted by molar-refractivity contribution is 0.361. The molecule has 0 N–H and O–H groups in total. The van der Waals surface area contributed by atoms with Crippen molar-refractivity contribution in [2.24, 2.45) is 11.3 Å². The summed E-state index contributed by atoms with van der Waals surface area (Å²) in [6, 6.07) is 18.0. The van der Waals surface area contributed by atoms with Gasteiger partial charge in [0.25, 0.3) is 0 Å². The first-order valence-corrected chi connectivity index (χ1v) is 19.0. The van der Waals surface area contributed by atoms with Gasteiger partial charge in [0.15, 0.2) is 0 Å². The van der Waals surface area contributed by atoms with E-state index in [0.717, 1.165) is 25.2 Å². The van der Waals surface area contributed by atoms with Gasteiger partial charge in [-0.1, -0.05) is 177 Å². The van der Waals surface area contributed by atoms with Crippen LogP contribution in [0, 0.1) is 18.3 Å². The summed E-state index contributed by atoms with van der Waals surface area (Å²) >= 11 is 0. The third-order valence-electron chi connectivity index (χ3n) is 8.58. The molecule has 0 bridgehead atoms. The molecule has 0 unspecified atom stereocenters. The van der Waals surface area contributed by atoms with Crippen LogP contribution in [-0.2, 0) is 12.8 Å². The topological polar surface area (TPSA) is 0 Å². The highest BCUT2D eigenvalue weighted by atomic mass is 14.2. The molecule has 3 rings (SSSR count). The Morgan fingerprint density at radius 3 is 2.06 bits per heavy atom. The van der Waals surface area contributed by atoms with Gasteiger partial charge in [0, 0.05) is 0 Å². The molecule has 0 aromatic heterocycles. The predicted octanol–water partition coefficient (Wildman–Crippen LogP) is 15.2. The summed E-state index contributed by atoms with van der Waals surface area (Å²) in [5, 5.41) is 0. The van der Waals surface area contributed by atoms with E-state index in [1.807, 2.05) is 13.8 Å². The van der Waals surface area contributed by atoms with Gasteiger partial charge < -0.3 is 0 Å². The van der Waals surface area contributed by atoms with Crippen molar-refractivity contribution in [2.75, 3.05) is 0 Å². The fourth-order valence-corrected chi connectivity index (χ4v) is 5.99. The van der Waals surface area contributed by atoms with Crippen molar-refractivity contribution in [1.82, 2.24) is 0 Å². The molecule has 0 atom stereocenters. The highest BCUT2D eigenvalue weighted by Gasteiger charge is 2.15. The molecule has 2 aromatic rings. The van der Waals surface area contributed by atoms with Gasteiger partial charge in [0.1, 0.15) is 0 Å². The molecule has 0 nitrogen and oxygen atoms in total. The molecule has 260 valence electrons. The van der Waals surface area contributed by atoms with Gasteiger partial charge in [0.2, 0.25) is 0 Å². The van der Waals surface area contributed by atoms with Crippen LogP contribution in [0.4, 0.5) is 0 Å².